The molecule has 4 nitrogen and oxygen atoms in total. The fraction of sp³-hybridized carbons (Fsp3) is 0.769. The van der Waals surface area contributed by atoms with Crippen molar-refractivity contribution in [1.82, 2.24) is 15.5 Å². The molecule has 0 amide bonds. The predicted octanol–water partition coefficient (Wildman–Crippen LogP) is 1.81. The molecular weight excluding hydrogens is 214 g/mol. The van der Waals surface area contributed by atoms with Gasteiger partial charge in [0.2, 0.25) is 0 Å². The first-order valence-corrected chi connectivity index (χ1v) is 6.60. The van der Waals surface area contributed by atoms with Crippen LogP contribution in [0, 0.1) is 6.92 Å². The first kappa shape index (κ1) is 12.6. The van der Waals surface area contributed by atoms with Crippen LogP contribution >= 0.6 is 0 Å². The standard InChI is InChI=1S/C13H23N3O/c1-10-5-6-13(17-10)9-14-7-3-4-12-8-15-16-11(12)2/h8,10,13-14H,3-7,9H2,1-2H3,(H,15,16). The lowest BCUT2D eigenvalue weighted by Crippen LogP contribution is -2.27. The molecule has 2 atom stereocenters. The van der Waals surface area contributed by atoms with Gasteiger partial charge in [0.05, 0.1) is 18.4 Å². The van der Waals surface area contributed by atoms with Gasteiger partial charge in [-0.2, -0.15) is 5.10 Å². The predicted molar refractivity (Wildman–Crippen MR) is 68.1 cm³/mol. The summed E-state index contributed by atoms with van der Waals surface area (Å²) in [5, 5.41) is 10.5. The molecule has 4 heteroatoms. The second-order valence-corrected chi connectivity index (χ2v) is 4.97. The van der Waals surface area contributed by atoms with Gasteiger partial charge < -0.3 is 10.1 Å². The number of hydrogen-bond acceptors (Lipinski definition) is 3. The first-order chi connectivity index (χ1) is 8.25. The van der Waals surface area contributed by atoms with Crippen LogP contribution in [-0.2, 0) is 11.2 Å². The molecule has 96 valence electrons. The van der Waals surface area contributed by atoms with Crippen molar-refractivity contribution in [3.05, 3.63) is 17.5 Å². The second-order valence-electron chi connectivity index (χ2n) is 4.97. The SMILES string of the molecule is Cc1[nH]ncc1CCCNCC1CCC(C)O1. The second kappa shape index (κ2) is 6.17. The summed E-state index contributed by atoms with van der Waals surface area (Å²) in [7, 11) is 0. The summed E-state index contributed by atoms with van der Waals surface area (Å²) >= 11 is 0. The van der Waals surface area contributed by atoms with Gasteiger partial charge in [-0.1, -0.05) is 0 Å². The molecule has 1 aliphatic rings. The zero-order valence-electron chi connectivity index (χ0n) is 10.8. The first-order valence-electron chi connectivity index (χ1n) is 6.60. The van der Waals surface area contributed by atoms with Crippen LogP contribution in [0.4, 0.5) is 0 Å². The van der Waals surface area contributed by atoms with Gasteiger partial charge >= 0.3 is 0 Å². The average molecular weight is 237 g/mol. The van der Waals surface area contributed by atoms with Crippen LogP contribution in [0.1, 0.15) is 37.4 Å². The van der Waals surface area contributed by atoms with Crippen LogP contribution in [0.3, 0.4) is 0 Å². The molecule has 2 N–H and O–H groups in total. The maximum atomic E-state index is 5.76. The lowest BCUT2D eigenvalue weighted by Gasteiger charge is -2.11. The van der Waals surface area contributed by atoms with Gasteiger partial charge in [0.1, 0.15) is 0 Å². The van der Waals surface area contributed by atoms with Gasteiger partial charge in [-0.05, 0) is 51.6 Å². The highest BCUT2D eigenvalue weighted by molar-refractivity contribution is 5.14. The third-order valence-electron chi connectivity index (χ3n) is 3.43. The van der Waals surface area contributed by atoms with E-state index in [-0.39, 0.29) is 0 Å². The molecule has 1 aliphatic heterocycles. The number of aromatic amines is 1. The minimum atomic E-state index is 0.431. The van der Waals surface area contributed by atoms with Crippen LogP contribution in [0.15, 0.2) is 6.20 Å². The van der Waals surface area contributed by atoms with Gasteiger partial charge in [-0.25, -0.2) is 0 Å². The monoisotopic (exact) mass is 237 g/mol. The molecule has 0 aliphatic carbocycles. The summed E-state index contributed by atoms with van der Waals surface area (Å²) in [6.07, 6.45) is 7.48. The average Bonchev–Trinajstić information content (AvgIpc) is 2.88. The van der Waals surface area contributed by atoms with E-state index >= 15 is 0 Å². The summed E-state index contributed by atoms with van der Waals surface area (Å²) < 4.78 is 5.76. The lowest BCUT2D eigenvalue weighted by molar-refractivity contribution is 0.0561. The zero-order chi connectivity index (χ0) is 12.1. The molecule has 0 saturated carbocycles. The van der Waals surface area contributed by atoms with Gasteiger partial charge in [-0.3, -0.25) is 5.10 Å². The number of aromatic nitrogens is 2. The molecule has 1 aromatic heterocycles. The Morgan fingerprint density at radius 3 is 3.06 bits per heavy atom. The van der Waals surface area contributed by atoms with E-state index in [0.717, 1.165) is 25.9 Å². The van der Waals surface area contributed by atoms with Crippen molar-refractivity contribution in [2.45, 2.75) is 51.7 Å². The molecule has 0 radical (unpaired) electrons. The third kappa shape index (κ3) is 3.82. The van der Waals surface area contributed by atoms with E-state index in [1.54, 1.807) is 0 Å². The minimum Gasteiger partial charge on any atom is -0.374 e. The molecule has 0 spiro atoms. The molecule has 0 aromatic carbocycles. The molecular formula is C13H23N3O. The Morgan fingerprint density at radius 2 is 2.41 bits per heavy atom. The van der Waals surface area contributed by atoms with E-state index in [9.17, 15) is 0 Å². The minimum absolute atomic E-state index is 0.431. The van der Waals surface area contributed by atoms with Crippen molar-refractivity contribution in [2.75, 3.05) is 13.1 Å². The molecule has 2 heterocycles. The van der Waals surface area contributed by atoms with Gasteiger partial charge in [-0.15, -0.1) is 0 Å². The Labute approximate surface area is 103 Å². The number of nitrogens with zero attached hydrogens (tertiary/aromatic N) is 1. The smallest absolute Gasteiger partial charge is 0.0704 e. The summed E-state index contributed by atoms with van der Waals surface area (Å²) in [4.78, 5) is 0. The normalized spacial score (nSPS) is 24.4. The number of H-pyrrole nitrogens is 1. The summed E-state index contributed by atoms with van der Waals surface area (Å²) in [5.41, 5.74) is 2.52. The Morgan fingerprint density at radius 1 is 1.53 bits per heavy atom. The van der Waals surface area contributed by atoms with E-state index in [2.05, 4.69) is 29.4 Å². The number of rotatable bonds is 6. The highest BCUT2D eigenvalue weighted by Crippen LogP contribution is 2.18. The lowest BCUT2D eigenvalue weighted by atomic mass is 10.1. The van der Waals surface area contributed by atoms with Crippen LogP contribution in [-0.4, -0.2) is 35.5 Å². The zero-order valence-corrected chi connectivity index (χ0v) is 10.8. The molecule has 2 unspecified atom stereocenters. The molecule has 0 bridgehead atoms. The molecule has 1 saturated heterocycles. The van der Waals surface area contributed by atoms with Gasteiger partial charge in [0.15, 0.2) is 0 Å². The fourth-order valence-corrected chi connectivity index (χ4v) is 2.33. The molecule has 2 rings (SSSR count). The van der Waals surface area contributed by atoms with E-state index in [4.69, 9.17) is 4.74 Å². The van der Waals surface area contributed by atoms with E-state index in [1.165, 1.54) is 24.1 Å². The van der Waals surface area contributed by atoms with Crippen LogP contribution < -0.4 is 5.32 Å². The van der Waals surface area contributed by atoms with Crippen LogP contribution in [0.2, 0.25) is 0 Å². The van der Waals surface area contributed by atoms with Crippen LogP contribution in [0.25, 0.3) is 0 Å². The molecule has 1 aromatic rings. The highest BCUT2D eigenvalue weighted by Gasteiger charge is 2.20. The largest absolute Gasteiger partial charge is 0.374 e. The fourth-order valence-electron chi connectivity index (χ4n) is 2.33. The van der Waals surface area contributed by atoms with Crippen molar-refractivity contribution >= 4 is 0 Å². The van der Waals surface area contributed by atoms with E-state index in [0.29, 0.717) is 12.2 Å². The maximum absolute atomic E-state index is 5.76. The van der Waals surface area contributed by atoms with E-state index < -0.39 is 0 Å². The van der Waals surface area contributed by atoms with Crippen molar-refractivity contribution < 1.29 is 4.74 Å². The molecule has 17 heavy (non-hydrogen) atoms. The van der Waals surface area contributed by atoms with Crippen molar-refractivity contribution in [3.63, 3.8) is 0 Å². The molecule has 1 fully saturated rings. The van der Waals surface area contributed by atoms with Crippen molar-refractivity contribution in [3.8, 4) is 0 Å². The van der Waals surface area contributed by atoms with Crippen molar-refractivity contribution in [1.29, 1.82) is 0 Å². The Hall–Kier alpha value is -0.870. The van der Waals surface area contributed by atoms with Gasteiger partial charge in [0.25, 0.3) is 0 Å². The third-order valence-corrected chi connectivity index (χ3v) is 3.43. The Bertz CT molecular complexity index is 337. The highest BCUT2D eigenvalue weighted by atomic mass is 16.5. The Kier molecular flexibility index (Phi) is 4.57. The summed E-state index contributed by atoms with van der Waals surface area (Å²) in [6.45, 7) is 6.28. The number of ether oxygens (including phenoxy) is 1. The van der Waals surface area contributed by atoms with E-state index in [1.807, 2.05) is 6.20 Å². The maximum Gasteiger partial charge on any atom is 0.0704 e. The number of nitrogens with one attached hydrogen (secondary N) is 2. The number of hydrogen-bond donors (Lipinski definition) is 2. The number of aryl methyl sites for hydroxylation is 2. The summed E-state index contributed by atoms with van der Waals surface area (Å²) in [6, 6.07) is 0. The quantitative estimate of drug-likeness (QED) is 0.742. The van der Waals surface area contributed by atoms with Crippen LogP contribution in [0.5, 0.6) is 0 Å². The van der Waals surface area contributed by atoms with Crippen molar-refractivity contribution in [2.24, 2.45) is 0 Å². The Balaban J connectivity index is 1.53. The topological polar surface area (TPSA) is 49.9 Å². The summed E-state index contributed by atoms with van der Waals surface area (Å²) in [5.74, 6) is 0. The van der Waals surface area contributed by atoms with Gasteiger partial charge in [0, 0.05) is 12.2 Å².